The minimum atomic E-state index is -4.19. The highest BCUT2D eigenvalue weighted by molar-refractivity contribution is 7.89. The molecular weight excluding hydrogens is 451 g/mol. The molecule has 10 heteroatoms. The van der Waals surface area contributed by atoms with Crippen LogP contribution in [0, 0.1) is 0 Å². The van der Waals surface area contributed by atoms with E-state index in [2.05, 4.69) is 0 Å². The van der Waals surface area contributed by atoms with E-state index in [-0.39, 0.29) is 21.5 Å². The van der Waals surface area contributed by atoms with Gasteiger partial charge in [0, 0.05) is 18.7 Å². The molecule has 0 spiro atoms. The third-order valence-electron chi connectivity index (χ3n) is 4.77. The van der Waals surface area contributed by atoms with E-state index in [9.17, 15) is 18.0 Å². The van der Waals surface area contributed by atoms with Crippen molar-refractivity contribution in [1.29, 1.82) is 0 Å². The second-order valence-corrected chi connectivity index (χ2v) is 9.23. The van der Waals surface area contributed by atoms with Crippen molar-refractivity contribution in [2.75, 3.05) is 13.1 Å². The topological polar surface area (TPSA) is 107 Å². The summed E-state index contributed by atoms with van der Waals surface area (Å²) >= 11 is 12.0. The summed E-state index contributed by atoms with van der Waals surface area (Å²) in [6, 6.07) is 10.7. The molecule has 2 aromatic carbocycles. The molecule has 1 aliphatic rings. The largest absolute Gasteiger partial charge is 0.444 e. The Morgan fingerprint density at radius 2 is 1.63 bits per heavy atom. The Morgan fingerprint density at radius 3 is 2.23 bits per heavy atom. The molecule has 2 N–H and O–H groups in total. The van der Waals surface area contributed by atoms with Gasteiger partial charge in [0.15, 0.2) is 0 Å². The smallest absolute Gasteiger partial charge is 0.340 e. The van der Waals surface area contributed by atoms with Crippen LogP contribution in [0.3, 0.4) is 0 Å². The molecule has 0 aromatic heterocycles. The van der Waals surface area contributed by atoms with Crippen LogP contribution < -0.4 is 5.14 Å². The Balaban J connectivity index is 1.95. The van der Waals surface area contributed by atoms with Crippen molar-refractivity contribution in [3.05, 3.63) is 63.6 Å². The van der Waals surface area contributed by atoms with Crippen LogP contribution in [0.25, 0.3) is 0 Å². The fourth-order valence-corrected chi connectivity index (χ4v) is 4.64. The Morgan fingerprint density at radius 1 is 1.00 bits per heavy atom. The Kier molecular flexibility index (Phi) is 7.02. The molecule has 1 atom stereocenters. The average molecular weight is 471 g/mol. The van der Waals surface area contributed by atoms with Gasteiger partial charge in [0.2, 0.25) is 16.1 Å². The molecule has 1 heterocycles. The second-order valence-electron chi connectivity index (χ2n) is 6.89. The van der Waals surface area contributed by atoms with Crippen LogP contribution in [0.15, 0.2) is 47.4 Å². The average Bonchev–Trinajstić information content (AvgIpc) is 2.71. The van der Waals surface area contributed by atoms with Gasteiger partial charge in [-0.15, -0.1) is 0 Å². The van der Waals surface area contributed by atoms with E-state index >= 15 is 0 Å². The second kappa shape index (κ2) is 9.34. The first-order valence-corrected chi connectivity index (χ1v) is 11.6. The van der Waals surface area contributed by atoms with Crippen molar-refractivity contribution >= 4 is 45.1 Å². The molecule has 2 aromatic rings. The Bertz CT molecular complexity index is 1050. The van der Waals surface area contributed by atoms with Crippen LogP contribution in [0.4, 0.5) is 0 Å². The molecule has 1 amide bonds. The number of hydrogen-bond donors (Lipinski definition) is 1. The number of primary sulfonamides is 1. The number of nitrogens with zero attached hydrogens (tertiary/aromatic N) is 1. The molecule has 1 aliphatic heterocycles. The third kappa shape index (κ3) is 5.13. The first-order chi connectivity index (χ1) is 14.2. The van der Waals surface area contributed by atoms with E-state index < -0.39 is 27.0 Å². The normalized spacial score (nSPS) is 15.5. The lowest BCUT2D eigenvalue weighted by atomic mass is 10.1. The van der Waals surface area contributed by atoms with Crippen LogP contribution in [0.5, 0.6) is 0 Å². The van der Waals surface area contributed by atoms with E-state index in [4.69, 9.17) is 33.1 Å². The summed E-state index contributed by atoms with van der Waals surface area (Å²) in [4.78, 5) is 27.2. The number of amides is 1. The lowest BCUT2D eigenvalue weighted by Crippen LogP contribution is -2.40. The highest BCUT2D eigenvalue weighted by Gasteiger charge is 2.31. The number of rotatable bonds is 5. The summed E-state index contributed by atoms with van der Waals surface area (Å²) in [5.41, 5.74) is 0.246. The molecule has 30 heavy (non-hydrogen) atoms. The molecule has 0 saturated carbocycles. The van der Waals surface area contributed by atoms with Crippen LogP contribution in [-0.4, -0.2) is 38.3 Å². The summed E-state index contributed by atoms with van der Waals surface area (Å²) < 4.78 is 29.0. The lowest BCUT2D eigenvalue weighted by Gasteiger charge is -2.30. The number of piperidine rings is 1. The zero-order valence-electron chi connectivity index (χ0n) is 15.9. The van der Waals surface area contributed by atoms with Gasteiger partial charge in [-0.3, -0.25) is 4.79 Å². The number of benzene rings is 2. The minimum absolute atomic E-state index is 0.116. The molecule has 0 bridgehead atoms. The SMILES string of the molecule is NS(=O)(=O)c1cc(C(=O)O[C@H](C(=O)N2CCCCC2)c2ccccc2)c(Cl)cc1Cl. The number of nitrogens with two attached hydrogens (primary N) is 1. The molecule has 7 nitrogen and oxygen atoms in total. The number of carbonyl (C=O) groups is 2. The zero-order valence-corrected chi connectivity index (χ0v) is 18.2. The van der Waals surface area contributed by atoms with Crippen molar-refractivity contribution in [3.63, 3.8) is 0 Å². The summed E-state index contributed by atoms with van der Waals surface area (Å²) in [6.45, 7) is 1.16. The summed E-state index contributed by atoms with van der Waals surface area (Å²) in [5, 5.41) is 4.81. The number of likely N-dealkylation sites (tertiary alicyclic amines) is 1. The number of carbonyl (C=O) groups excluding carboxylic acids is 2. The predicted octanol–water partition coefficient (Wildman–Crippen LogP) is 3.55. The lowest BCUT2D eigenvalue weighted by molar-refractivity contribution is -0.142. The number of esters is 1. The molecule has 1 saturated heterocycles. The zero-order chi connectivity index (χ0) is 21.9. The maximum absolute atomic E-state index is 13.1. The number of ether oxygens (including phenoxy) is 1. The van der Waals surface area contributed by atoms with Crippen LogP contribution in [0.1, 0.15) is 41.3 Å². The van der Waals surface area contributed by atoms with Gasteiger partial charge in [0.1, 0.15) is 4.90 Å². The van der Waals surface area contributed by atoms with Gasteiger partial charge in [-0.25, -0.2) is 18.4 Å². The molecule has 1 fully saturated rings. The van der Waals surface area contributed by atoms with Crippen molar-refractivity contribution in [1.82, 2.24) is 4.90 Å². The monoisotopic (exact) mass is 470 g/mol. The number of hydrogen-bond acceptors (Lipinski definition) is 5. The number of sulfonamides is 1. The van der Waals surface area contributed by atoms with Crippen molar-refractivity contribution in [3.8, 4) is 0 Å². The van der Waals surface area contributed by atoms with Crippen molar-refractivity contribution < 1.29 is 22.7 Å². The summed E-state index contributed by atoms with van der Waals surface area (Å²) in [7, 11) is -4.19. The summed E-state index contributed by atoms with van der Waals surface area (Å²) in [6.07, 6.45) is 1.60. The van der Waals surface area contributed by atoms with E-state index in [0.29, 0.717) is 18.7 Å². The van der Waals surface area contributed by atoms with Gasteiger partial charge in [0.25, 0.3) is 5.91 Å². The maximum atomic E-state index is 13.1. The Hall–Kier alpha value is -2.13. The molecule has 0 aliphatic carbocycles. The quantitative estimate of drug-likeness (QED) is 0.672. The van der Waals surface area contributed by atoms with Gasteiger partial charge in [-0.1, -0.05) is 53.5 Å². The highest BCUT2D eigenvalue weighted by Crippen LogP contribution is 2.30. The van der Waals surface area contributed by atoms with Gasteiger partial charge >= 0.3 is 5.97 Å². The molecule has 160 valence electrons. The fraction of sp³-hybridized carbons (Fsp3) is 0.300. The molecule has 3 rings (SSSR count). The van der Waals surface area contributed by atoms with E-state index in [1.165, 1.54) is 0 Å². The standard InChI is InChI=1S/C20H20Cl2N2O5S/c21-15-12-16(22)17(30(23,27)28)11-14(15)20(26)29-18(13-7-3-1-4-8-13)19(25)24-9-5-2-6-10-24/h1,3-4,7-8,11-12,18H,2,5-6,9-10H2,(H2,23,27,28)/t18-/m0/s1. The van der Waals surface area contributed by atoms with E-state index in [0.717, 1.165) is 31.4 Å². The summed E-state index contributed by atoms with van der Waals surface area (Å²) in [5.74, 6) is -1.30. The highest BCUT2D eigenvalue weighted by atomic mass is 35.5. The first-order valence-electron chi connectivity index (χ1n) is 9.25. The van der Waals surface area contributed by atoms with Crippen molar-refractivity contribution in [2.45, 2.75) is 30.3 Å². The van der Waals surface area contributed by atoms with E-state index in [1.807, 2.05) is 0 Å². The predicted molar refractivity (Wildman–Crippen MR) is 113 cm³/mol. The Labute approximate surface area is 184 Å². The third-order valence-corrected chi connectivity index (χ3v) is 6.46. The van der Waals surface area contributed by atoms with Gasteiger partial charge < -0.3 is 9.64 Å². The van der Waals surface area contributed by atoms with Gasteiger partial charge in [-0.05, 0) is 31.4 Å². The van der Waals surface area contributed by atoms with Crippen LogP contribution in [0.2, 0.25) is 10.0 Å². The van der Waals surface area contributed by atoms with Crippen LogP contribution in [-0.2, 0) is 19.6 Å². The van der Waals surface area contributed by atoms with E-state index in [1.54, 1.807) is 35.2 Å². The van der Waals surface area contributed by atoms with Crippen LogP contribution >= 0.6 is 23.2 Å². The fourth-order valence-electron chi connectivity index (χ4n) is 3.24. The van der Waals surface area contributed by atoms with Crippen molar-refractivity contribution in [2.24, 2.45) is 5.14 Å². The minimum Gasteiger partial charge on any atom is -0.444 e. The molecule has 0 radical (unpaired) electrons. The molecular formula is C20H20Cl2N2O5S. The van der Waals surface area contributed by atoms with Gasteiger partial charge in [-0.2, -0.15) is 0 Å². The first kappa shape index (κ1) is 22.6. The van der Waals surface area contributed by atoms with Gasteiger partial charge in [0.05, 0.1) is 15.6 Å². The number of halogens is 2. The maximum Gasteiger partial charge on any atom is 0.340 e. The molecule has 0 unspecified atom stereocenters.